The van der Waals surface area contributed by atoms with Gasteiger partial charge in [0, 0.05) is 4.47 Å². The summed E-state index contributed by atoms with van der Waals surface area (Å²) in [7, 11) is 0. The minimum Gasteiger partial charge on any atom is -0.481 e. The maximum Gasteiger partial charge on any atom is 0.303 e. The van der Waals surface area contributed by atoms with Crippen molar-refractivity contribution < 1.29 is 14.3 Å². The zero-order chi connectivity index (χ0) is 12.5. The first kappa shape index (κ1) is 13.2. The Morgan fingerprint density at radius 1 is 1.50 bits per heavy atom. The lowest BCUT2D eigenvalue weighted by Gasteiger charge is -2.15. The summed E-state index contributed by atoms with van der Waals surface area (Å²) >= 11 is 3.28. The summed E-state index contributed by atoms with van der Waals surface area (Å²) in [4.78, 5) is 10.6. The number of hydrogen-bond acceptors (Lipinski definition) is 1. The van der Waals surface area contributed by atoms with E-state index in [1.165, 1.54) is 0 Å². The van der Waals surface area contributed by atoms with Gasteiger partial charge >= 0.3 is 5.97 Å². The van der Waals surface area contributed by atoms with Crippen LogP contribution in [0.5, 0.6) is 0 Å². The quantitative estimate of drug-likeness (QED) is 0.919. The Kier molecular flexibility index (Phi) is 4.08. The Hall–Kier alpha value is -0.900. The molecule has 0 saturated carbocycles. The van der Waals surface area contributed by atoms with E-state index in [1.54, 1.807) is 26.8 Å². The van der Waals surface area contributed by atoms with Crippen LogP contribution >= 0.6 is 15.9 Å². The summed E-state index contributed by atoms with van der Waals surface area (Å²) in [5.74, 6) is -1.32. The predicted molar refractivity (Wildman–Crippen MR) is 64.2 cm³/mol. The monoisotopic (exact) mass is 288 g/mol. The van der Waals surface area contributed by atoms with Gasteiger partial charge in [-0.05, 0) is 42.5 Å². The van der Waals surface area contributed by atoms with Gasteiger partial charge in [0.25, 0.3) is 0 Å². The lowest BCUT2D eigenvalue weighted by atomic mass is 9.92. The Morgan fingerprint density at radius 2 is 2.06 bits per heavy atom. The molecule has 0 aliphatic heterocycles. The fourth-order valence-electron chi connectivity index (χ4n) is 1.75. The molecular formula is C12H14BrFO2. The molecule has 0 radical (unpaired) electrons. The second-order valence-electron chi connectivity index (χ2n) is 4.01. The van der Waals surface area contributed by atoms with Crippen molar-refractivity contribution in [2.75, 3.05) is 0 Å². The van der Waals surface area contributed by atoms with Crippen LogP contribution in [0.1, 0.15) is 36.0 Å². The minimum absolute atomic E-state index is 0.00970. The van der Waals surface area contributed by atoms with E-state index in [9.17, 15) is 9.18 Å². The Labute approximate surface area is 103 Å². The number of aliphatic carboxylic acids is 1. The zero-order valence-corrected chi connectivity index (χ0v) is 11.1. The summed E-state index contributed by atoms with van der Waals surface area (Å²) < 4.78 is 14.5. The predicted octanol–water partition coefficient (Wildman–Crippen LogP) is 3.78. The van der Waals surface area contributed by atoms with Gasteiger partial charge in [0.05, 0.1) is 6.42 Å². The van der Waals surface area contributed by atoms with Gasteiger partial charge in [-0.25, -0.2) is 4.39 Å². The third-order valence-electron chi connectivity index (χ3n) is 2.74. The highest BCUT2D eigenvalue weighted by molar-refractivity contribution is 9.10. The van der Waals surface area contributed by atoms with Gasteiger partial charge in [-0.3, -0.25) is 4.79 Å². The molecule has 4 heteroatoms. The smallest absolute Gasteiger partial charge is 0.303 e. The van der Waals surface area contributed by atoms with E-state index in [2.05, 4.69) is 15.9 Å². The third-order valence-corrected chi connectivity index (χ3v) is 3.57. The first-order valence-electron chi connectivity index (χ1n) is 5.01. The van der Waals surface area contributed by atoms with Crippen molar-refractivity contribution in [1.82, 2.24) is 0 Å². The van der Waals surface area contributed by atoms with Crippen molar-refractivity contribution in [2.45, 2.75) is 33.1 Å². The van der Waals surface area contributed by atoms with Gasteiger partial charge in [-0.15, -0.1) is 0 Å². The van der Waals surface area contributed by atoms with Crippen LogP contribution in [-0.2, 0) is 4.79 Å². The molecule has 0 amide bonds. The average Bonchev–Trinajstić information content (AvgIpc) is 2.19. The number of carboxylic acid groups (broad SMARTS) is 1. The van der Waals surface area contributed by atoms with E-state index in [0.717, 1.165) is 5.56 Å². The molecule has 1 aromatic rings. The molecule has 0 heterocycles. The van der Waals surface area contributed by atoms with E-state index in [1.807, 2.05) is 0 Å². The first-order valence-corrected chi connectivity index (χ1v) is 5.80. The molecule has 2 nitrogen and oxygen atoms in total. The van der Waals surface area contributed by atoms with Crippen molar-refractivity contribution in [1.29, 1.82) is 0 Å². The largest absolute Gasteiger partial charge is 0.481 e. The standard InChI is InChI=1S/C12H14BrFO2/c1-6(4-11(15)16)9-5-10(13)8(3)12(14)7(9)2/h5-6H,4H2,1-3H3,(H,15,16). The molecule has 0 bridgehead atoms. The van der Waals surface area contributed by atoms with Gasteiger partial charge in [0.15, 0.2) is 0 Å². The van der Waals surface area contributed by atoms with Crippen LogP contribution in [0.25, 0.3) is 0 Å². The Bertz CT molecular complexity index is 430. The molecule has 1 atom stereocenters. The molecule has 1 N–H and O–H groups in total. The lowest BCUT2D eigenvalue weighted by Crippen LogP contribution is -2.06. The van der Waals surface area contributed by atoms with Crippen LogP contribution < -0.4 is 0 Å². The maximum atomic E-state index is 13.8. The highest BCUT2D eigenvalue weighted by atomic mass is 79.9. The van der Waals surface area contributed by atoms with E-state index in [-0.39, 0.29) is 18.2 Å². The van der Waals surface area contributed by atoms with Gasteiger partial charge < -0.3 is 5.11 Å². The molecule has 0 aliphatic rings. The summed E-state index contributed by atoms with van der Waals surface area (Å²) in [6.07, 6.45) is 0.00970. The number of rotatable bonds is 3. The van der Waals surface area contributed by atoms with Crippen molar-refractivity contribution >= 4 is 21.9 Å². The fraction of sp³-hybridized carbons (Fsp3) is 0.417. The first-order chi connectivity index (χ1) is 7.34. The van der Waals surface area contributed by atoms with Gasteiger partial charge in [0.1, 0.15) is 5.82 Å². The molecule has 1 aromatic carbocycles. The van der Waals surface area contributed by atoms with E-state index >= 15 is 0 Å². The Morgan fingerprint density at radius 3 is 2.56 bits per heavy atom. The SMILES string of the molecule is Cc1c(Br)cc(C(C)CC(=O)O)c(C)c1F. The van der Waals surface area contributed by atoms with E-state index in [0.29, 0.717) is 15.6 Å². The van der Waals surface area contributed by atoms with Crippen molar-refractivity contribution in [3.8, 4) is 0 Å². The Balaban J connectivity index is 3.19. The van der Waals surface area contributed by atoms with Gasteiger partial charge in [0.2, 0.25) is 0 Å². The molecule has 1 unspecified atom stereocenters. The van der Waals surface area contributed by atoms with Crippen LogP contribution in [0.4, 0.5) is 4.39 Å². The second-order valence-corrected chi connectivity index (χ2v) is 4.86. The molecular weight excluding hydrogens is 275 g/mol. The minimum atomic E-state index is -0.871. The third kappa shape index (κ3) is 2.61. The normalized spacial score (nSPS) is 12.6. The number of hydrogen-bond donors (Lipinski definition) is 1. The number of carboxylic acids is 1. The summed E-state index contributed by atoms with van der Waals surface area (Å²) in [6, 6.07) is 1.81. The van der Waals surface area contributed by atoms with Crippen LogP contribution in [0.15, 0.2) is 10.5 Å². The fourth-order valence-corrected chi connectivity index (χ4v) is 2.17. The zero-order valence-electron chi connectivity index (χ0n) is 9.47. The summed E-state index contributed by atoms with van der Waals surface area (Å²) in [5, 5.41) is 8.72. The average molecular weight is 289 g/mol. The molecule has 0 saturated heterocycles. The molecule has 1 rings (SSSR count). The van der Waals surface area contributed by atoms with Crippen molar-refractivity contribution in [3.05, 3.63) is 33.0 Å². The second kappa shape index (κ2) is 4.95. The van der Waals surface area contributed by atoms with Gasteiger partial charge in [-0.2, -0.15) is 0 Å². The highest BCUT2D eigenvalue weighted by Crippen LogP contribution is 2.31. The molecule has 0 aliphatic carbocycles. The molecule has 88 valence electrons. The van der Waals surface area contributed by atoms with Crippen LogP contribution in [-0.4, -0.2) is 11.1 Å². The molecule has 0 aromatic heterocycles. The lowest BCUT2D eigenvalue weighted by molar-refractivity contribution is -0.137. The van der Waals surface area contributed by atoms with Crippen LogP contribution in [0.3, 0.4) is 0 Å². The van der Waals surface area contributed by atoms with Crippen molar-refractivity contribution in [2.24, 2.45) is 0 Å². The molecule has 0 spiro atoms. The topological polar surface area (TPSA) is 37.3 Å². The van der Waals surface area contributed by atoms with E-state index in [4.69, 9.17) is 5.11 Å². The maximum absolute atomic E-state index is 13.8. The summed E-state index contributed by atoms with van der Waals surface area (Å²) in [5.41, 5.74) is 1.84. The number of halogens is 2. The van der Waals surface area contributed by atoms with E-state index < -0.39 is 5.97 Å². The van der Waals surface area contributed by atoms with Crippen LogP contribution in [0.2, 0.25) is 0 Å². The van der Waals surface area contributed by atoms with Gasteiger partial charge in [-0.1, -0.05) is 22.9 Å². The van der Waals surface area contributed by atoms with Crippen molar-refractivity contribution in [3.63, 3.8) is 0 Å². The number of carbonyl (C=O) groups is 1. The number of benzene rings is 1. The summed E-state index contributed by atoms with van der Waals surface area (Å²) in [6.45, 7) is 5.16. The van der Waals surface area contributed by atoms with Crippen LogP contribution in [0, 0.1) is 19.7 Å². The highest BCUT2D eigenvalue weighted by Gasteiger charge is 2.17. The molecule has 16 heavy (non-hydrogen) atoms. The molecule has 0 fully saturated rings.